The number of benzene rings is 5. The third-order valence-corrected chi connectivity index (χ3v) is 6.85. The van der Waals surface area contributed by atoms with Gasteiger partial charge in [-0.2, -0.15) is 0 Å². The number of imidazole rings is 1. The van der Waals surface area contributed by atoms with Gasteiger partial charge in [-0.15, -0.1) is 0 Å². The summed E-state index contributed by atoms with van der Waals surface area (Å²) in [6, 6.07) is 41.3. The van der Waals surface area contributed by atoms with Crippen molar-refractivity contribution >= 4 is 33.3 Å². The Bertz CT molecular complexity index is 1980. The van der Waals surface area contributed by atoms with Crippen LogP contribution in [0.1, 0.15) is 0 Å². The molecule has 37 heavy (non-hydrogen) atoms. The van der Waals surface area contributed by atoms with Gasteiger partial charge in [-0.25, -0.2) is 14.8 Å². The van der Waals surface area contributed by atoms with Crippen molar-refractivity contribution in [2.24, 2.45) is 0 Å². The SMILES string of the molecule is [C-]#[N+]c1ccc(-c2ccc(-c3cc(-c4ccccc4)n4c(n3)nc3ccccc34)c3ccccc23)cc1. The molecule has 7 rings (SSSR count). The van der Waals surface area contributed by atoms with E-state index in [9.17, 15) is 0 Å². The van der Waals surface area contributed by atoms with Crippen LogP contribution in [-0.2, 0) is 0 Å². The maximum Gasteiger partial charge on any atom is 0.235 e. The van der Waals surface area contributed by atoms with Crippen molar-refractivity contribution in [3.05, 3.63) is 133 Å². The van der Waals surface area contributed by atoms with Crippen molar-refractivity contribution in [1.82, 2.24) is 14.4 Å². The van der Waals surface area contributed by atoms with Gasteiger partial charge in [0.05, 0.1) is 29.0 Å². The van der Waals surface area contributed by atoms with E-state index in [-0.39, 0.29) is 0 Å². The molecule has 172 valence electrons. The summed E-state index contributed by atoms with van der Waals surface area (Å²) in [6.45, 7) is 7.26. The highest BCUT2D eigenvalue weighted by Crippen LogP contribution is 2.37. The van der Waals surface area contributed by atoms with E-state index in [4.69, 9.17) is 16.5 Å². The van der Waals surface area contributed by atoms with Gasteiger partial charge in [0.15, 0.2) is 5.69 Å². The van der Waals surface area contributed by atoms with E-state index in [1.54, 1.807) is 0 Å². The third kappa shape index (κ3) is 3.45. The zero-order chi connectivity index (χ0) is 24.8. The number of para-hydroxylation sites is 2. The fourth-order valence-electron chi connectivity index (χ4n) is 5.11. The van der Waals surface area contributed by atoms with Gasteiger partial charge < -0.3 is 0 Å². The van der Waals surface area contributed by atoms with E-state index in [0.717, 1.165) is 55.4 Å². The normalized spacial score (nSPS) is 11.2. The van der Waals surface area contributed by atoms with E-state index in [2.05, 4.69) is 82.0 Å². The van der Waals surface area contributed by atoms with Crippen LogP contribution in [0.3, 0.4) is 0 Å². The Kier molecular flexibility index (Phi) is 4.80. The molecule has 0 N–H and O–H groups in total. The Balaban J connectivity index is 1.50. The van der Waals surface area contributed by atoms with Gasteiger partial charge in [0.1, 0.15) is 0 Å². The molecular formula is C33H20N4. The first-order valence-electron chi connectivity index (χ1n) is 12.1. The van der Waals surface area contributed by atoms with Gasteiger partial charge in [-0.05, 0) is 45.7 Å². The molecule has 0 aliphatic carbocycles. The Morgan fingerprint density at radius 3 is 2.05 bits per heavy atom. The maximum atomic E-state index is 7.26. The molecule has 5 aromatic carbocycles. The van der Waals surface area contributed by atoms with Gasteiger partial charge in [-0.1, -0.05) is 103 Å². The summed E-state index contributed by atoms with van der Waals surface area (Å²) >= 11 is 0. The van der Waals surface area contributed by atoms with Crippen LogP contribution in [0.25, 0.3) is 66.1 Å². The lowest BCUT2D eigenvalue weighted by Gasteiger charge is -2.14. The molecule has 0 saturated carbocycles. The number of aromatic nitrogens is 3. The third-order valence-electron chi connectivity index (χ3n) is 6.85. The number of fused-ring (bicyclic) bond motifs is 4. The summed E-state index contributed by atoms with van der Waals surface area (Å²) in [5.74, 6) is 0.681. The summed E-state index contributed by atoms with van der Waals surface area (Å²) in [5, 5.41) is 2.27. The number of nitrogens with zero attached hydrogens (tertiary/aromatic N) is 4. The molecule has 0 saturated heterocycles. The molecule has 0 amide bonds. The first-order chi connectivity index (χ1) is 18.3. The first-order valence-corrected chi connectivity index (χ1v) is 12.1. The lowest BCUT2D eigenvalue weighted by Crippen LogP contribution is -1.98. The molecule has 0 unspecified atom stereocenters. The highest BCUT2D eigenvalue weighted by atomic mass is 15.1. The van der Waals surface area contributed by atoms with Gasteiger partial charge >= 0.3 is 0 Å². The molecule has 0 aliphatic rings. The topological polar surface area (TPSA) is 34.5 Å². The smallest absolute Gasteiger partial charge is 0.235 e. The van der Waals surface area contributed by atoms with Crippen molar-refractivity contribution in [1.29, 1.82) is 0 Å². The molecule has 7 aromatic rings. The molecule has 0 atom stereocenters. The summed E-state index contributed by atoms with van der Waals surface area (Å²) in [5.41, 5.74) is 8.93. The second-order valence-electron chi connectivity index (χ2n) is 8.99. The average molecular weight is 473 g/mol. The van der Waals surface area contributed by atoms with Crippen molar-refractivity contribution in [2.45, 2.75) is 0 Å². The second-order valence-corrected chi connectivity index (χ2v) is 8.99. The van der Waals surface area contributed by atoms with E-state index in [0.29, 0.717) is 11.5 Å². The summed E-state index contributed by atoms with van der Waals surface area (Å²) < 4.78 is 2.14. The first kappa shape index (κ1) is 21.0. The van der Waals surface area contributed by atoms with Crippen LogP contribution in [0, 0.1) is 6.57 Å². The fraction of sp³-hybridized carbons (Fsp3) is 0. The lowest BCUT2D eigenvalue weighted by molar-refractivity contribution is 1.14. The molecule has 0 fully saturated rings. The molecule has 0 aliphatic heterocycles. The highest BCUT2D eigenvalue weighted by Gasteiger charge is 2.16. The van der Waals surface area contributed by atoms with E-state index >= 15 is 0 Å². The molecule has 4 heteroatoms. The lowest BCUT2D eigenvalue weighted by atomic mass is 9.93. The molecule has 0 bridgehead atoms. The van der Waals surface area contributed by atoms with Crippen LogP contribution in [0.15, 0.2) is 121 Å². The summed E-state index contributed by atoms with van der Waals surface area (Å²) in [4.78, 5) is 13.5. The zero-order valence-corrected chi connectivity index (χ0v) is 19.8. The van der Waals surface area contributed by atoms with Crippen molar-refractivity contribution in [3.63, 3.8) is 0 Å². The Hall–Kier alpha value is -5.27. The Morgan fingerprint density at radius 1 is 0.595 bits per heavy atom. The minimum atomic E-state index is 0.641. The fourth-order valence-corrected chi connectivity index (χ4v) is 5.11. The number of hydrogen-bond acceptors (Lipinski definition) is 2. The molecule has 0 radical (unpaired) electrons. The van der Waals surface area contributed by atoms with Crippen molar-refractivity contribution in [3.8, 4) is 33.6 Å². The Labute approximate surface area is 213 Å². The predicted molar refractivity (Wildman–Crippen MR) is 151 cm³/mol. The molecule has 2 heterocycles. The van der Waals surface area contributed by atoms with Crippen molar-refractivity contribution < 1.29 is 0 Å². The standard InChI is InChI=1S/C33H20N4/c1-34-24-17-15-22(16-18-24)25-19-20-28(27-12-6-5-11-26(25)27)30-21-32(23-9-3-2-4-10-23)37-31-14-8-7-13-29(31)35-33(37)36-30/h2-21H. The van der Waals surface area contributed by atoms with Gasteiger partial charge in [0.25, 0.3) is 0 Å². The van der Waals surface area contributed by atoms with E-state index in [1.165, 1.54) is 0 Å². The van der Waals surface area contributed by atoms with Crippen LogP contribution >= 0.6 is 0 Å². The quantitative estimate of drug-likeness (QED) is 0.241. The monoisotopic (exact) mass is 472 g/mol. The van der Waals surface area contributed by atoms with E-state index in [1.807, 2.05) is 48.5 Å². The minimum Gasteiger partial charge on any atom is -0.276 e. The summed E-state index contributed by atoms with van der Waals surface area (Å²) in [7, 11) is 0. The molecule has 4 nitrogen and oxygen atoms in total. The van der Waals surface area contributed by atoms with Gasteiger partial charge in [0.2, 0.25) is 5.78 Å². The van der Waals surface area contributed by atoms with Gasteiger partial charge in [-0.3, -0.25) is 4.40 Å². The highest BCUT2D eigenvalue weighted by molar-refractivity contribution is 6.05. The van der Waals surface area contributed by atoms with Crippen LogP contribution in [-0.4, -0.2) is 14.4 Å². The van der Waals surface area contributed by atoms with Crippen LogP contribution in [0.2, 0.25) is 0 Å². The number of rotatable bonds is 3. The maximum absolute atomic E-state index is 7.26. The van der Waals surface area contributed by atoms with Crippen LogP contribution in [0.5, 0.6) is 0 Å². The molecule has 0 spiro atoms. The number of hydrogen-bond donors (Lipinski definition) is 0. The van der Waals surface area contributed by atoms with Crippen molar-refractivity contribution in [2.75, 3.05) is 0 Å². The summed E-state index contributed by atoms with van der Waals surface area (Å²) in [6.07, 6.45) is 0. The largest absolute Gasteiger partial charge is 0.276 e. The Morgan fingerprint density at radius 2 is 1.27 bits per heavy atom. The minimum absolute atomic E-state index is 0.641. The van der Waals surface area contributed by atoms with Crippen LogP contribution < -0.4 is 0 Å². The molecular weight excluding hydrogens is 452 g/mol. The molecule has 2 aromatic heterocycles. The van der Waals surface area contributed by atoms with E-state index < -0.39 is 0 Å². The second kappa shape index (κ2) is 8.44. The van der Waals surface area contributed by atoms with Crippen LogP contribution in [0.4, 0.5) is 5.69 Å². The predicted octanol–water partition coefficient (Wildman–Crippen LogP) is 8.59. The zero-order valence-electron chi connectivity index (χ0n) is 19.8. The van der Waals surface area contributed by atoms with Gasteiger partial charge in [0, 0.05) is 5.56 Å². The average Bonchev–Trinajstić information content (AvgIpc) is 3.35.